The topological polar surface area (TPSA) is 46.2 Å². The minimum Gasteiger partial charge on any atom is -0.212 e. The number of fused-ring (bicyclic) bond motifs is 1. The molecule has 1 aliphatic carbocycles. The average molecular weight is 329 g/mol. The summed E-state index contributed by atoms with van der Waals surface area (Å²) in [5.41, 5.74) is 5.71. The predicted octanol–water partition coefficient (Wildman–Crippen LogP) is 3.66. The molecule has 23 heavy (non-hydrogen) atoms. The summed E-state index contributed by atoms with van der Waals surface area (Å²) in [6.45, 7) is 3.88. The third-order valence-electron chi connectivity index (χ3n) is 4.42. The van der Waals surface area contributed by atoms with Gasteiger partial charge in [-0.05, 0) is 55.4 Å². The van der Waals surface area contributed by atoms with Crippen molar-refractivity contribution < 1.29 is 8.42 Å². The van der Waals surface area contributed by atoms with Gasteiger partial charge in [0.1, 0.15) is 0 Å². The maximum atomic E-state index is 12.4. The van der Waals surface area contributed by atoms with Gasteiger partial charge < -0.3 is 0 Å². The minimum absolute atomic E-state index is 0.0178. The standard InChI is InChI=1S/C19H23NO2S/c1-14-5-3-6-16(11-14)13-23(21,22)20-15(2)18-10-9-17-7-4-8-19(17)12-18/h3,5-6,9-12,15,20H,4,7-8,13H2,1-2H3/t15-/m0/s1. The molecule has 2 aromatic carbocycles. The molecule has 0 saturated heterocycles. The smallest absolute Gasteiger partial charge is 0.212 e. The molecule has 0 aromatic heterocycles. The number of benzene rings is 2. The van der Waals surface area contributed by atoms with E-state index in [1.807, 2.05) is 44.2 Å². The lowest BCUT2D eigenvalue weighted by molar-refractivity contribution is 0.566. The molecule has 1 atom stereocenters. The van der Waals surface area contributed by atoms with Crippen LogP contribution in [-0.2, 0) is 28.6 Å². The van der Waals surface area contributed by atoms with Gasteiger partial charge in [-0.3, -0.25) is 0 Å². The number of nitrogens with one attached hydrogen (secondary N) is 1. The summed E-state index contributed by atoms with van der Waals surface area (Å²) in [6.07, 6.45) is 3.45. The van der Waals surface area contributed by atoms with Gasteiger partial charge in [0.25, 0.3) is 0 Å². The molecule has 1 N–H and O–H groups in total. The highest BCUT2D eigenvalue weighted by atomic mass is 32.2. The molecular weight excluding hydrogens is 306 g/mol. The van der Waals surface area contributed by atoms with E-state index in [9.17, 15) is 8.42 Å². The molecule has 0 saturated carbocycles. The fourth-order valence-electron chi connectivity index (χ4n) is 3.26. The van der Waals surface area contributed by atoms with Gasteiger partial charge in [0.2, 0.25) is 10.0 Å². The third kappa shape index (κ3) is 4.01. The Balaban J connectivity index is 1.72. The molecule has 0 aliphatic heterocycles. The van der Waals surface area contributed by atoms with Crippen LogP contribution in [0.2, 0.25) is 0 Å². The van der Waals surface area contributed by atoms with E-state index in [1.165, 1.54) is 17.5 Å². The summed E-state index contributed by atoms with van der Waals surface area (Å²) in [5, 5.41) is 0. The fraction of sp³-hybridized carbons (Fsp3) is 0.368. The van der Waals surface area contributed by atoms with Crippen LogP contribution in [0.3, 0.4) is 0 Å². The van der Waals surface area contributed by atoms with E-state index in [4.69, 9.17) is 0 Å². The first-order valence-electron chi connectivity index (χ1n) is 8.10. The van der Waals surface area contributed by atoms with E-state index in [0.717, 1.165) is 29.5 Å². The second-order valence-corrected chi connectivity index (χ2v) is 8.22. The molecule has 3 rings (SSSR count). The Kier molecular flexibility index (Phi) is 4.55. The first kappa shape index (κ1) is 16.2. The van der Waals surface area contributed by atoms with Crippen molar-refractivity contribution in [3.05, 3.63) is 70.3 Å². The van der Waals surface area contributed by atoms with Gasteiger partial charge in [0.05, 0.1) is 5.75 Å². The highest BCUT2D eigenvalue weighted by Crippen LogP contribution is 2.25. The largest absolute Gasteiger partial charge is 0.216 e. The van der Waals surface area contributed by atoms with Gasteiger partial charge in [0.15, 0.2) is 0 Å². The fourth-order valence-corrected chi connectivity index (χ4v) is 4.64. The maximum absolute atomic E-state index is 12.4. The summed E-state index contributed by atoms with van der Waals surface area (Å²) in [7, 11) is -3.36. The van der Waals surface area contributed by atoms with E-state index < -0.39 is 10.0 Å². The van der Waals surface area contributed by atoms with Crippen LogP contribution in [0, 0.1) is 6.92 Å². The number of hydrogen-bond donors (Lipinski definition) is 1. The summed E-state index contributed by atoms with van der Waals surface area (Å²) in [6, 6.07) is 13.8. The Morgan fingerprint density at radius 3 is 2.65 bits per heavy atom. The zero-order valence-electron chi connectivity index (χ0n) is 13.7. The maximum Gasteiger partial charge on any atom is 0.216 e. The summed E-state index contributed by atoms with van der Waals surface area (Å²) < 4.78 is 27.6. The van der Waals surface area contributed by atoms with Gasteiger partial charge in [-0.25, -0.2) is 13.1 Å². The zero-order chi connectivity index (χ0) is 16.4. The van der Waals surface area contributed by atoms with Crippen LogP contribution in [0.4, 0.5) is 0 Å². The van der Waals surface area contributed by atoms with Crippen LogP contribution in [-0.4, -0.2) is 8.42 Å². The van der Waals surface area contributed by atoms with Gasteiger partial charge >= 0.3 is 0 Å². The number of hydrogen-bond acceptors (Lipinski definition) is 2. The van der Waals surface area contributed by atoms with Gasteiger partial charge in [-0.1, -0.05) is 48.0 Å². The highest BCUT2D eigenvalue weighted by molar-refractivity contribution is 7.88. The molecular formula is C19H23NO2S. The van der Waals surface area contributed by atoms with E-state index in [2.05, 4.69) is 16.9 Å². The van der Waals surface area contributed by atoms with Gasteiger partial charge in [0, 0.05) is 6.04 Å². The zero-order valence-corrected chi connectivity index (χ0v) is 14.5. The third-order valence-corrected chi connectivity index (χ3v) is 5.84. The highest BCUT2D eigenvalue weighted by Gasteiger charge is 2.18. The van der Waals surface area contributed by atoms with Crippen LogP contribution in [0.25, 0.3) is 0 Å². The Morgan fingerprint density at radius 1 is 1.09 bits per heavy atom. The van der Waals surface area contributed by atoms with Crippen molar-refractivity contribution in [2.24, 2.45) is 0 Å². The normalized spacial score (nSPS) is 15.4. The number of rotatable bonds is 5. The van der Waals surface area contributed by atoms with Crippen molar-refractivity contribution in [3.63, 3.8) is 0 Å². The quantitative estimate of drug-likeness (QED) is 0.910. The Bertz CT molecular complexity index is 812. The van der Waals surface area contributed by atoms with Crippen LogP contribution in [0.5, 0.6) is 0 Å². The Labute approximate surface area is 138 Å². The molecule has 0 unspecified atom stereocenters. The monoisotopic (exact) mass is 329 g/mol. The van der Waals surface area contributed by atoms with Crippen molar-refractivity contribution in [1.29, 1.82) is 0 Å². The number of sulfonamides is 1. The average Bonchev–Trinajstić information content (AvgIpc) is 2.93. The second kappa shape index (κ2) is 6.46. The van der Waals surface area contributed by atoms with Crippen LogP contribution < -0.4 is 4.72 Å². The summed E-state index contributed by atoms with van der Waals surface area (Å²) in [5.74, 6) is 0.0178. The van der Waals surface area contributed by atoms with Crippen molar-refractivity contribution in [1.82, 2.24) is 4.72 Å². The SMILES string of the molecule is Cc1cccc(CS(=O)(=O)N[C@@H](C)c2ccc3c(c2)CCC3)c1. The summed E-state index contributed by atoms with van der Waals surface area (Å²) in [4.78, 5) is 0. The Morgan fingerprint density at radius 2 is 1.87 bits per heavy atom. The van der Waals surface area contributed by atoms with Crippen molar-refractivity contribution in [2.45, 2.75) is 44.9 Å². The number of aryl methyl sites for hydroxylation is 3. The first-order chi connectivity index (χ1) is 10.9. The van der Waals surface area contributed by atoms with Crippen LogP contribution >= 0.6 is 0 Å². The molecule has 3 nitrogen and oxygen atoms in total. The molecule has 1 aliphatic rings. The predicted molar refractivity (Wildman–Crippen MR) is 93.8 cm³/mol. The molecule has 0 amide bonds. The van der Waals surface area contributed by atoms with Crippen molar-refractivity contribution in [3.8, 4) is 0 Å². The molecule has 2 aromatic rings. The molecule has 0 heterocycles. The van der Waals surface area contributed by atoms with E-state index in [1.54, 1.807) is 0 Å². The van der Waals surface area contributed by atoms with Crippen LogP contribution in [0.1, 0.15) is 47.2 Å². The lowest BCUT2D eigenvalue weighted by atomic mass is 10.0. The molecule has 0 radical (unpaired) electrons. The van der Waals surface area contributed by atoms with Gasteiger partial charge in [-0.15, -0.1) is 0 Å². The van der Waals surface area contributed by atoms with Gasteiger partial charge in [-0.2, -0.15) is 0 Å². The second-order valence-electron chi connectivity index (χ2n) is 6.47. The van der Waals surface area contributed by atoms with E-state index >= 15 is 0 Å². The van der Waals surface area contributed by atoms with Crippen molar-refractivity contribution in [2.75, 3.05) is 0 Å². The molecule has 0 bridgehead atoms. The summed E-state index contributed by atoms with van der Waals surface area (Å²) >= 11 is 0. The lowest BCUT2D eigenvalue weighted by Gasteiger charge is -2.16. The first-order valence-corrected chi connectivity index (χ1v) is 9.75. The molecule has 0 fully saturated rings. The molecule has 4 heteroatoms. The van der Waals surface area contributed by atoms with E-state index in [-0.39, 0.29) is 11.8 Å². The van der Waals surface area contributed by atoms with E-state index in [0.29, 0.717) is 0 Å². The van der Waals surface area contributed by atoms with Crippen LogP contribution in [0.15, 0.2) is 42.5 Å². The molecule has 122 valence electrons. The Hall–Kier alpha value is -1.65. The minimum atomic E-state index is -3.36. The molecule has 0 spiro atoms. The van der Waals surface area contributed by atoms with Crippen molar-refractivity contribution >= 4 is 10.0 Å². The lowest BCUT2D eigenvalue weighted by Crippen LogP contribution is -2.28.